The van der Waals surface area contributed by atoms with Gasteiger partial charge in [0.05, 0.1) is 5.56 Å². The van der Waals surface area contributed by atoms with Gasteiger partial charge in [-0.1, -0.05) is 27.7 Å². The molecule has 0 saturated heterocycles. The molecule has 3 aromatic rings. The van der Waals surface area contributed by atoms with Crippen LogP contribution in [0.15, 0.2) is 30.0 Å². The molecule has 0 bridgehead atoms. The average Bonchev–Trinajstić information content (AvgIpc) is 3.68. The van der Waals surface area contributed by atoms with E-state index in [0.717, 1.165) is 84.0 Å². The van der Waals surface area contributed by atoms with Crippen LogP contribution in [0.3, 0.4) is 0 Å². The van der Waals surface area contributed by atoms with Gasteiger partial charge in [-0.25, -0.2) is 24.9 Å². The maximum Gasteiger partial charge on any atom is 0.165 e. The standard InChI is InChI=1S/C22H27N9.2C2H6/c1-3-31-21(14-9-25-12(2)26-10-14)30-19-20(27-11-28-22(19)31)29-15-6-7-17(23)16(8-15)18(24)13-4-5-13;2*1-2/h9-11,13,15,24H,3-8,23H2,1-2H3,(H,27,28,29);2*1-2H3. The number of aryl methyl sites for hydroxylation is 2. The Morgan fingerprint density at radius 2 is 1.77 bits per heavy atom. The molecule has 2 aliphatic carbocycles. The van der Waals surface area contributed by atoms with E-state index in [0.29, 0.717) is 11.7 Å². The van der Waals surface area contributed by atoms with Gasteiger partial charge in [-0.15, -0.1) is 0 Å². The summed E-state index contributed by atoms with van der Waals surface area (Å²) in [5, 5.41) is 12.0. The van der Waals surface area contributed by atoms with Crippen molar-refractivity contribution >= 4 is 22.7 Å². The lowest BCUT2D eigenvalue weighted by Gasteiger charge is -2.27. The summed E-state index contributed by atoms with van der Waals surface area (Å²) in [4.78, 5) is 22.5. The van der Waals surface area contributed by atoms with Gasteiger partial charge in [0, 0.05) is 42.3 Å². The molecular formula is C26H39N9. The predicted molar refractivity (Wildman–Crippen MR) is 142 cm³/mol. The highest BCUT2D eigenvalue weighted by Gasteiger charge is 2.32. The Kier molecular flexibility index (Phi) is 8.89. The maximum atomic E-state index is 8.48. The SMILES string of the molecule is CC.CC.CCn1c(-c2cnc(C)nc2)nc2c(NC3CCC(N)=C(C(=N)C4CC4)C3)ncnc21. The Balaban J connectivity index is 0.000000815. The van der Waals surface area contributed by atoms with E-state index in [-0.39, 0.29) is 6.04 Å². The summed E-state index contributed by atoms with van der Waals surface area (Å²) in [6.45, 7) is 12.7. The summed E-state index contributed by atoms with van der Waals surface area (Å²) >= 11 is 0. The molecule has 9 nitrogen and oxygen atoms in total. The third kappa shape index (κ3) is 5.66. The smallest absolute Gasteiger partial charge is 0.165 e. The van der Waals surface area contributed by atoms with Crippen molar-refractivity contribution in [1.29, 1.82) is 5.41 Å². The molecule has 0 aliphatic heterocycles. The second-order valence-electron chi connectivity index (χ2n) is 8.37. The van der Waals surface area contributed by atoms with E-state index in [4.69, 9.17) is 16.1 Å². The molecule has 1 fully saturated rings. The van der Waals surface area contributed by atoms with Crippen molar-refractivity contribution in [2.75, 3.05) is 5.32 Å². The van der Waals surface area contributed by atoms with Crippen molar-refractivity contribution in [3.63, 3.8) is 0 Å². The largest absolute Gasteiger partial charge is 0.402 e. The van der Waals surface area contributed by atoms with E-state index in [1.54, 1.807) is 18.7 Å². The zero-order valence-electron chi connectivity index (χ0n) is 21.9. The lowest BCUT2D eigenvalue weighted by atomic mass is 9.88. The molecular weight excluding hydrogens is 438 g/mol. The van der Waals surface area contributed by atoms with Crippen molar-refractivity contribution in [2.45, 2.75) is 86.2 Å². The summed E-state index contributed by atoms with van der Waals surface area (Å²) < 4.78 is 2.06. The fourth-order valence-electron chi connectivity index (χ4n) is 4.25. The molecule has 0 radical (unpaired) electrons. The second-order valence-corrected chi connectivity index (χ2v) is 8.37. The van der Waals surface area contributed by atoms with Gasteiger partial charge in [-0.05, 0) is 51.5 Å². The molecule has 3 aromatic heterocycles. The number of anilines is 1. The van der Waals surface area contributed by atoms with Crippen LogP contribution in [0.4, 0.5) is 5.82 Å². The van der Waals surface area contributed by atoms with Crippen LogP contribution in [0.25, 0.3) is 22.6 Å². The monoisotopic (exact) mass is 477 g/mol. The predicted octanol–water partition coefficient (Wildman–Crippen LogP) is 5.27. The van der Waals surface area contributed by atoms with Gasteiger partial charge >= 0.3 is 0 Å². The summed E-state index contributed by atoms with van der Waals surface area (Å²) in [5.74, 6) is 2.62. The number of allylic oxidation sites excluding steroid dienone is 1. The molecule has 2 aliphatic rings. The summed E-state index contributed by atoms with van der Waals surface area (Å²) in [7, 11) is 0. The van der Waals surface area contributed by atoms with Gasteiger partial charge in [-0.3, -0.25) is 0 Å². The Morgan fingerprint density at radius 3 is 2.40 bits per heavy atom. The van der Waals surface area contributed by atoms with Gasteiger partial charge in [0.2, 0.25) is 0 Å². The molecule has 188 valence electrons. The highest BCUT2D eigenvalue weighted by molar-refractivity contribution is 6.01. The number of fused-ring (bicyclic) bond motifs is 1. The summed E-state index contributed by atoms with van der Waals surface area (Å²) in [5.41, 5.74) is 11.3. The molecule has 1 saturated carbocycles. The minimum absolute atomic E-state index is 0.164. The fraction of sp³-hybridized carbons (Fsp3) is 0.538. The van der Waals surface area contributed by atoms with E-state index in [1.807, 2.05) is 34.6 Å². The minimum atomic E-state index is 0.164. The lowest BCUT2D eigenvalue weighted by Crippen LogP contribution is -2.29. The van der Waals surface area contributed by atoms with Crippen LogP contribution in [0.5, 0.6) is 0 Å². The number of nitrogens with zero attached hydrogens (tertiary/aromatic N) is 6. The molecule has 0 amide bonds. The van der Waals surface area contributed by atoms with Crippen LogP contribution < -0.4 is 11.1 Å². The molecule has 0 spiro atoms. The van der Waals surface area contributed by atoms with E-state index < -0.39 is 0 Å². The number of nitrogens with one attached hydrogen (secondary N) is 2. The quantitative estimate of drug-likeness (QED) is 0.412. The first-order valence-electron chi connectivity index (χ1n) is 12.9. The molecule has 1 atom stereocenters. The van der Waals surface area contributed by atoms with Crippen molar-refractivity contribution in [2.24, 2.45) is 11.7 Å². The number of nitrogens with two attached hydrogens (primary N) is 1. The van der Waals surface area contributed by atoms with Gasteiger partial charge in [0.1, 0.15) is 18.0 Å². The fourth-order valence-corrected chi connectivity index (χ4v) is 4.25. The van der Waals surface area contributed by atoms with Gasteiger partial charge in [0.25, 0.3) is 0 Å². The molecule has 1 unspecified atom stereocenters. The number of aromatic nitrogens is 6. The number of imidazole rings is 1. The summed E-state index contributed by atoms with van der Waals surface area (Å²) in [6.07, 6.45) is 9.84. The zero-order chi connectivity index (χ0) is 25.5. The Bertz CT molecular complexity index is 1170. The van der Waals surface area contributed by atoms with Crippen molar-refractivity contribution in [3.05, 3.63) is 35.8 Å². The number of rotatable bonds is 6. The average molecular weight is 478 g/mol. The first-order chi connectivity index (χ1) is 17.0. The highest BCUT2D eigenvalue weighted by atomic mass is 15.2. The third-order valence-electron chi connectivity index (χ3n) is 6.14. The van der Waals surface area contributed by atoms with E-state index in [9.17, 15) is 0 Å². The van der Waals surface area contributed by atoms with Crippen LogP contribution >= 0.6 is 0 Å². The van der Waals surface area contributed by atoms with Crippen molar-refractivity contribution in [3.8, 4) is 11.4 Å². The van der Waals surface area contributed by atoms with Crippen molar-refractivity contribution < 1.29 is 0 Å². The van der Waals surface area contributed by atoms with Crippen LogP contribution in [-0.2, 0) is 6.54 Å². The maximum absolute atomic E-state index is 8.48. The highest BCUT2D eigenvalue weighted by Crippen LogP contribution is 2.37. The lowest BCUT2D eigenvalue weighted by molar-refractivity contribution is 0.607. The van der Waals surface area contributed by atoms with Crippen LogP contribution in [0, 0.1) is 18.3 Å². The van der Waals surface area contributed by atoms with Gasteiger partial charge in [0.15, 0.2) is 17.0 Å². The summed E-state index contributed by atoms with van der Waals surface area (Å²) in [6, 6.07) is 0.164. The molecule has 3 heterocycles. The van der Waals surface area contributed by atoms with Gasteiger partial charge in [-0.2, -0.15) is 0 Å². The first kappa shape index (κ1) is 26.2. The van der Waals surface area contributed by atoms with E-state index in [2.05, 4.69) is 36.7 Å². The first-order valence-corrected chi connectivity index (χ1v) is 12.9. The van der Waals surface area contributed by atoms with Crippen molar-refractivity contribution in [1.82, 2.24) is 29.5 Å². The van der Waals surface area contributed by atoms with Gasteiger partial charge < -0.3 is 21.0 Å². The van der Waals surface area contributed by atoms with Crippen LogP contribution in [0.2, 0.25) is 0 Å². The number of hydrogen-bond donors (Lipinski definition) is 3. The Labute approximate surface area is 208 Å². The topological polar surface area (TPSA) is 131 Å². The Hall–Kier alpha value is -3.36. The van der Waals surface area contributed by atoms with Crippen LogP contribution in [0.1, 0.15) is 72.5 Å². The zero-order valence-corrected chi connectivity index (χ0v) is 21.9. The second kappa shape index (κ2) is 11.9. The number of hydrogen-bond acceptors (Lipinski definition) is 8. The third-order valence-corrected chi connectivity index (χ3v) is 6.14. The Morgan fingerprint density at radius 1 is 1.09 bits per heavy atom. The molecule has 35 heavy (non-hydrogen) atoms. The molecule has 0 aromatic carbocycles. The minimum Gasteiger partial charge on any atom is -0.402 e. The normalized spacial score (nSPS) is 17.3. The molecule has 4 N–H and O–H groups in total. The molecule has 5 rings (SSSR count). The van der Waals surface area contributed by atoms with E-state index in [1.165, 1.54) is 0 Å². The molecule has 9 heteroatoms. The van der Waals surface area contributed by atoms with Crippen LogP contribution in [-0.4, -0.2) is 41.2 Å². The van der Waals surface area contributed by atoms with E-state index >= 15 is 0 Å².